The summed E-state index contributed by atoms with van der Waals surface area (Å²) in [5.74, 6) is 0.468. The van der Waals surface area contributed by atoms with Gasteiger partial charge in [-0.25, -0.2) is 0 Å². The lowest BCUT2D eigenvalue weighted by atomic mass is 9.88. The van der Waals surface area contributed by atoms with Crippen LogP contribution in [0.1, 0.15) is 63.1 Å². The van der Waals surface area contributed by atoms with E-state index in [9.17, 15) is 9.59 Å². The summed E-state index contributed by atoms with van der Waals surface area (Å²) >= 11 is 3.46. The van der Waals surface area contributed by atoms with Crippen molar-refractivity contribution >= 4 is 27.5 Å². The van der Waals surface area contributed by atoms with Gasteiger partial charge in [0.25, 0.3) is 0 Å². The van der Waals surface area contributed by atoms with Gasteiger partial charge in [0.15, 0.2) is 11.6 Å². The molecule has 3 nitrogen and oxygen atoms in total. The molecule has 0 spiro atoms. The van der Waals surface area contributed by atoms with Gasteiger partial charge >= 0.3 is 0 Å². The van der Waals surface area contributed by atoms with E-state index in [1.54, 1.807) is 12.1 Å². The van der Waals surface area contributed by atoms with Crippen molar-refractivity contribution in [2.75, 3.05) is 0 Å². The normalized spacial score (nSPS) is 15.4. The van der Waals surface area contributed by atoms with Gasteiger partial charge in [0.1, 0.15) is 0 Å². The van der Waals surface area contributed by atoms with E-state index >= 15 is 0 Å². The summed E-state index contributed by atoms with van der Waals surface area (Å²) in [4.78, 5) is 22.9. The molecule has 0 saturated heterocycles. The molecular weight excluding hydrogens is 378 g/mol. The summed E-state index contributed by atoms with van der Waals surface area (Å²) < 4.78 is 1.08. The van der Waals surface area contributed by atoms with Crippen LogP contribution in [0.2, 0.25) is 0 Å². The molecule has 4 heteroatoms. The Morgan fingerprint density at radius 2 is 1.36 bits per heavy atom. The summed E-state index contributed by atoms with van der Waals surface area (Å²) in [5, 5.41) is 8.82. The van der Waals surface area contributed by atoms with E-state index in [0.29, 0.717) is 18.4 Å². The largest absolute Gasteiger partial charge is 0.294 e. The fourth-order valence-corrected chi connectivity index (χ4v) is 3.98. The molecule has 0 unspecified atom stereocenters. The Morgan fingerprint density at radius 1 is 0.800 bits per heavy atom. The van der Waals surface area contributed by atoms with Crippen LogP contribution in [0, 0.1) is 11.3 Å². The first-order chi connectivity index (χ1) is 12.1. The molecule has 0 saturated carbocycles. The van der Waals surface area contributed by atoms with E-state index in [1.807, 2.05) is 24.3 Å². The number of benzene rings is 2. The van der Waals surface area contributed by atoms with Gasteiger partial charge in [-0.15, -0.1) is 0 Å². The number of halogens is 1. The smallest absolute Gasteiger partial charge is 0.163 e. The highest BCUT2D eigenvalue weighted by Crippen LogP contribution is 2.27. The summed E-state index contributed by atoms with van der Waals surface area (Å²) in [6, 6.07) is 13.3. The van der Waals surface area contributed by atoms with Gasteiger partial charge in [-0.2, -0.15) is 5.26 Å². The predicted molar refractivity (Wildman–Crippen MR) is 99.8 cm³/mol. The molecule has 0 aromatic heterocycles. The second-order valence-corrected chi connectivity index (χ2v) is 7.12. The predicted octanol–water partition coefficient (Wildman–Crippen LogP) is 5.05. The van der Waals surface area contributed by atoms with E-state index in [4.69, 9.17) is 5.26 Å². The highest BCUT2D eigenvalue weighted by molar-refractivity contribution is 9.10. The summed E-state index contributed by atoms with van der Waals surface area (Å²) in [5.41, 5.74) is 4.46. The van der Waals surface area contributed by atoms with E-state index in [2.05, 4.69) is 22.0 Å². The summed E-state index contributed by atoms with van der Waals surface area (Å²) in [7, 11) is 0. The lowest BCUT2D eigenvalue weighted by Crippen LogP contribution is -2.11. The minimum Gasteiger partial charge on any atom is -0.294 e. The van der Waals surface area contributed by atoms with Crippen LogP contribution in [0.3, 0.4) is 0 Å². The van der Waals surface area contributed by atoms with Crippen molar-refractivity contribution in [1.29, 1.82) is 5.26 Å². The molecule has 2 aliphatic carbocycles. The number of ketones is 2. The minimum absolute atomic E-state index is 0.179. The molecule has 0 atom stereocenters. The molecule has 0 fully saturated rings. The molecule has 0 amide bonds. The standard InChI is InChI=1S/C11H9NO.C10H9BrO/c12-7-8-3-1-5-10-9(8)4-2-6-11(10)13;11-9-5-1-4-8-7(9)3-2-6-10(8)12/h1,3,5H,2,4,6H2;1,4-5H,2-3,6H2. The van der Waals surface area contributed by atoms with Crippen molar-refractivity contribution < 1.29 is 9.59 Å². The van der Waals surface area contributed by atoms with Crippen LogP contribution < -0.4 is 0 Å². The van der Waals surface area contributed by atoms with Crippen molar-refractivity contribution in [3.8, 4) is 6.07 Å². The zero-order chi connectivity index (χ0) is 17.8. The second kappa shape index (κ2) is 7.76. The van der Waals surface area contributed by atoms with Crippen LogP contribution in [0.5, 0.6) is 0 Å². The quantitative estimate of drug-likeness (QED) is 0.627. The van der Waals surface area contributed by atoms with Gasteiger partial charge in [-0.3, -0.25) is 9.59 Å². The molecule has 0 N–H and O–H groups in total. The zero-order valence-corrected chi connectivity index (χ0v) is 15.4. The summed E-state index contributed by atoms with van der Waals surface area (Å²) in [6.07, 6.45) is 5.11. The first kappa shape index (κ1) is 17.6. The number of nitriles is 1. The Balaban J connectivity index is 0.000000146. The minimum atomic E-state index is 0.179. The van der Waals surface area contributed by atoms with Gasteiger partial charge in [0, 0.05) is 28.4 Å². The SMILES string of the molecule is N#Cc1cccc2c1CCCC2=O.O=C1CCCc2c(Br)cccc21. The lowest BCUT2D eigenvalue weighted by molar-refractivity contribution is 0.0964. The lowest BCUT2D eigenvalue weighted by Gasteiger charge is -2.15. The highest BCUT2D eigenvalue weighted by Gasteiger charge is 2.19. The zero-order valence-electron chi connectivity index (χ0n) is 13.8. The van der Waals surface area contributed by atoms with Gasteiger partial charge in [-0.05, 0) is 48.9 Å². The Bertz CT molecular complexity index is 880. The molecule has 0 radical (unpaired) electrons. The van der Waals surface area contributed by atoms with E-state index < -0.39 is 0 Å². The number of hydrogen-bond donors (Lipinski definition) is 0. The third-order valence-electron chi connectivity index (χ3n) is 4.68. The molecular formula is C21H18BrNO2. The van der Waals surface area contributed by atoms with Gasteiger partial charge in [-0.1, -0.05) is 40.2 Å². The van der Waals surface area contributed by atoms with Crippen molar-refractivity contribution in [1.82, 2.24) is 0 Å². The van der Waals surface area contributed by atoms with E-state index in [1.165, 1.54) is 5.56 Å². The van der Waals surface area contributed by atoms with Gasteiger partial charge < -0.3 is 0 Å². The number of fused-ring (bicyclic) bond motifs is 2. The first-order valence-electron chi connectivity index (χ1n) is 8.47. The number of carbonyl (C=O) groups excluding carboxylic acids is 2. The fourth-order valence-electron chi connectivity index (χ4n) is 3.42. The molecule has 4 rings (SSSR count). The van der Waals surface area contributed by atoms with Gasteiger partial charge in [0.05, 0.1) is 11.6 Å². The average molecular weight is 396 g/mol. The molecule has 126 valence electrons. The average Bonchev–Trinajstić information content (AvgIpc) is 2.63. The van der Waals surface area contributed by atoms with Crippen LogP contribution in [-0.2, 0) is 12.8 Å². The molecule has 0 heterocycles. The molecule has 25 heavy (non-hydrogen) atoms. The Labute approximate surface area is 155 Å². The molecule has 2 aromatic rings. The molecule has 2 aromatic carbocycles. The Kier molecular flexibility index (Phi) is 5.45. The maximum atomic E-state index is 11.4. The Morgan fingerprint density at radius 3 is 1.96 bits per heavy atom. The van der Waals surface area contributed by atoms with Crippen LogP contribution >= 0.6 is 15.9 Å². The number of hydrogen-bond acceptors (Lipinski definition) is 3. The molecule has 0 aliphatic heterocycles. The maximum Gasteiger partial charge on any atom is 0.163 e. The highest BCUT2D eigenvalue weighted by atomic mass is 79.9. The third kappa shape index (κ3) is 3.72. The van der Waals surface area contributed by atoms with Crippen molar-refractivity contribution in [2.45, 2.75) is 38.5 Å². The van der Waals surface area contributed by atoms with Crippen molar-refractivity contribution in [3.05, 3.63) is 68.7 Å². The number of rotatable bonds is 0. The van der Waals surface area contributed by atoms with Crippen LogP contribution in [0.25, 0.3) is 0 Å². The van der Waals surface area contributed by atoms with Gasteiger partial charge in [0.2, 0.25) is 0 Å². The fraction of sp³-hybridized carbons (Fsp3) is 0.286. The Hall–Kier alpha value is -2.25. The van der Waals surface area contributed by atoms with Crippen LogP contribution in [0.15, 0.2) is 40.9 Å². The van der Waals surface area contributed by atoms with Crippen molar-refractivity contribution in [2.24, 2.45) is 0 Å². The molecule has 0 bridgehead atoms. The third-order valence-corrected chi connectivity index (χ3v) is 5.42. The van der Waals surface area contributed by atoms with Crippen molar-refractivity contribution in [3.63, 3.8) is 0 Å². The number of carbonyl (C=O) groups is 2. The summed E-state index contributed by atoms with van der Waals surface area (Å²) in [6.45, 7) is 0. The second-order valence-electron chi connectivity index (χ2n) is 6.26. The first-order valence-corrected chi connectivity index (χ1v) is 9.27. The number of nitrogens with zero attached hydrogens (tertiary/aromatic N) is 1. The molecule has 2 aliphatic rings. The topological polar surface area (TPSA) is 57.9 Å². The van der Waals surface area contributed by atoms with E-state index in [-0.39, 0.29) is 11.6 Å². The monoisotopic (exact) mass is 395 g/mol. The van der Waals surface area contributed by atoms with E-state index in [0.717, 1.165) is 46.8 Å². The van der Waals surface area contributed by atoms with Crippen LogP contribution in [0.4, 0.5) is 0 Å². The van der Waals surface area contributed by atoms with Crippen LogP contribution in [-0.4, -0.2) is 11.6 Å². The number of Topliss-reactive ketones (excluding diaryl/α,β-unsaturated/α-hetero) is 2. The maximum absolute atomic E-state index is 11.4.